The van der Waals surface area contributed by atoms with Gasteiger partial charge in [-0.15, -0.1) is 0 Å². The quantitative estimate of drug-likeness (QED) is 0.612. The van der Waals surface area contributed by atoms with Crippen molar-refractivity contribution in [2.75, 3.05) is 0 Å². The molecule has 0 aliphatic heterocycles. The number of fused-ring (bicyclic) bond motifs is 12. The van der Waals surface area contributed by atoms with Crippen LogP contribution in [0.4, 0.5) is 0 Å². The second-order valence-electron chi connectivity index (χ2n) is 8.94. The maximum absolute atomic E-state index is 2.63. The summed E-state index contributed by atoms with van der Waals surface area (Å²) in [6.07, 6.45) is 11.1. The van der Waals surface area contributed by atoms with Gasteiger partial charge in [0.05, 0.1) is 0 Å². The van der Waals surface area contributed by atoms with E-state index >= 15 is 0 Å². The third kappa shape index (κ3) is 1.28. The van der Waals surface area contributed by atoms with Crippen molar-refractivity contribution in [1.82, 2.24) is 0 Å². The van der Waals surface area contributed by atoms with E-state index in [2.05, 4.69) is 13.8 Å². The lowest BCUT2D eigenvalue weighted by Crippen LogP contribution is -2.37. The molecule has 0 heteroatoms. The summed E-state index contributed by atoms with van der Waals surface area (Å²) in [5.41, 5.74) is 0. The van der Waals surface area contributed by atoms with Crippen LogP contribution in [-0.2, 0) is 0 Å². The van der Waals surface area contributed by atoms with E-state index in [1.807, 2.05) is 0 Å². The van der Waals surface area contributed by atoms with Gasteiger partial charge in [0.2, 0.25) is 0 Å². The molecule has 0 spiro atoms. The lowest BCUT2D eigenvalue weighted by Gasteiger charge is -2.42. The fourth-order valence-electron chi connectivity index (χ4n) is 8.50. The number of hydrogen-bond acceptors (Lipinski definition) is 0. The SMILES string of the molecule is CCCC1CC2C3CC(C2C1C)C1C2CCC(C2)C31. The average Bonchev–Trinajstić information content (AvgIpc) is 3.14. The minimum absolute atomic E-state index is 1.07. The van der Waals surface area contributed by atoms with Crippen LogP contribution in [0.5, 0.6) is 0 Å². The predicted molar refractivity (Wildman–Crippen MR) is 78.6 cm³/mol. The molecule has 106 valence electrons. The normalized spacial score (nSPS) is 64.7. The molecule has 0 aromatic rings. The van der Waals surface area contributed by atoms with Crippen molar-refractivity contribution in [3.05, 3.63) is 0 Å². The smallest absolute Gasteiger partial charge is 0.0321 e. The van der Waals surface area contributed by atoms with Gasteiger partial charge in [-0.1, -0.05) is 26.7 Å². The molecule has 4 bridgehead atoms. The molecule has 5 fully saturated rings. The van der Waals surface area contributed by atoms with Crippen molar-refractivity contribution in [3.8, 4) is 0 Å². The summed E-state index contributed by atoms with van der Waals surface area (Å²) in [6, 6.07) is 0. The first kappa shape index (κ1) is 11.6. The molecule has 19 heavy (non-hydrogen) atoms. The van der Waals surface area contributed by atoms with E-state index in [4.69, 9.17) is 0 Å². The summed E-state index contributed by atoms with van der Waals surface area (Å²) in [6.45, 7) is 5.03. The molecule has 0 saturated heterocycles. The maximum Gasteiger partial charge on any atom is -0.0321 e. The first-order valence-electron chi connectivity index (χ1n) is 9.29. The summed E-state index contributed by atoms with van der Waals surface area (Å²) >= 11 is 0. The van der Waals surface area contributed by atoms with Crippen molar-refractivity contribution in [3.63, 3.8) is 0 Å². The molecule has 5 aliphatic rings. The van der Waals surface area contributed by atoms with Gasteiger partial charge in [-0.2, -0.15) is 0 Å². The Bertz CT molecular complexity index is 385. The Balaban J connectivity index is 1.46. The van der Waals surface area contributed by atoms with Crippen molar-refractivity contribution in [2.45, 2.75) is 58.8 Å². The number of rotatable bonds is 2. The number of hydrogen-bond donors (Lipinski definition) is 0. The van der Waals surface area contributed by atoms with E-state index in [-0.39, 0.29) is 0 Å². The van der Waals surface area contributed by atoms with Gasteiger partial charge in [0.15, 0.2) is 0 Å². The summed E-state index contributed by atoms with van der Waals surface area (Å²) < 4.78 is 0. The van der Waals surface area contributed by atoms with E-state index < -0.39 is 0 Å². The molecule has 5 aliphatic carbocycles. The van der Waals surface area contributed by atoms with Gasteiger partial charge >= 0.3 is 0 Å². The highest BCUT2D eigenvalue weighted by Crippen LogP contribution is 2.74. The Morgan fingerprint density at radius 3 is 2.21 bits per heavy atom. The minimum atomic E-state index is 1.07. The molecule has 0 N–H and O–H groups in total. The van der Waals surface area contributed by atoms with Crippen LogP contribution < -0.4 is 0 Å². The zero-order chi connectivity index (χ0) is 12.7. The van der Waals surface area contributed by atoms with Crippen molar-refractivity contribution in [2.24, 2.45) is 59.2 Å². The van der Waals surface area contributed by atoms with E-state index in [0.717, 1.165) is 11.8 Å². The van der Waals surface area contributed by atoms with E-state index in [0.29, 0.717) is 0 Å². The monoisotopic (exact) mass is 258 g/mol. The summed E-state index contributed by atoms with van der Waals surface area (Å²) in [5, 5.41) is 0. The zero-order valence-corrected chi connectivity index (χ0v) is 12.7. The summed E-state index contributed by atoms with van der Waals surface area (Å²) in [5.74, 6) is 11.7. The van der Waals surface area contributed by atoms with Gasteiger partial charge < -0.3 is 0 Å². The van der Waals surface area contributed by atoms with Gasteiger partial charge in [0.1, 0.15) is 0 Å². The Labute approximate surface area is 118 Å². The molecule has 0 nitrogen and oxygen atoms in total. The molecule has 5 rings (SSSR count). The van der Waals surface area contributed by atoms with Crippen LogP contribution in [-0.4, -0.2) is 0 Å². The van der Waals surface area contributed by atoms with E-state index in [1.54, 1.807) is 32.1 Å². The van der Waals surface area contributed by atoms with Crippen LogP contribution in [0, 0.1) is 59.2 Å². The van der Waals surface area contributed by atoms with E-state index in [9.17, 15) is 0 Å². The molecule has 10 atom stereocenters. The van der Waals surface area contributed by atoms with Crippen LogP contribution in [0.1, 0.15) is 58.8 Å². The largest absolute Gasteiger partial charge is 0.0654 e. The van der Waals surface area contributed by atoms with Crippen LogP contribution in [0.2, 0.25) is 0 Å². The topological polar surface area (TPSA) is 0 Å². The lowest BCUT2D eigenvalue weighted by atomic mass is 9.63. The highest BCUT2D eigenvalue weighted by molar-refractivity contribution is 5.16. The van der Waals surface area contributed by atoms with Crippen molar-refractivity contribution < 1.29 is 0 Å². The fourth-order valence-corrected chi connectivity index (χ4v) is 8.50. The van der Waals surface area contributed by atoms with Gasteiger partial charge in [-0.25, -0.2) is 0 Å². The molecule has 0 aromatic carbocycles. The van der Waals surface area contributed by atoms with Crippen molar-refractivity contribution >= 4 is 0 Å². The molecule has 0 heterocycles. The van der Waals surface area contributed by atoms with Gasteiger partial charge in [0.25, 0.3) is 0 Å². The van der Waals surface area contributed by atoms with Crippen molar-refractivity contribution in [1.29, 1.82) is 0 Å². The third-order valence-corrected chi connectivity index (χ3v) is 8.70. The molecule has 0 radical (unpaired) electrons. The molecule has 5 saturated carbocycles. The minimum Gasteiger partial charge on any atom is -0.0654 e. The Hall–Kier alpha value is 0. The third-order valence-electron chi connectivity index (χ3n) is 8.70. The lowest BCUT2D eigenvalue weighted by molar-refractivity contribution is 0.0573. The Morgan fingerprint density at radius 2 is 1.47 bits per heavy atom. The first-order chi connectivity index (χ1) is 9.29. The molecule has 10 unspecified atom stereocenters. The second-order valence-corrected chi connectivity index (χ2v) is 8.94. The van der Waals surface area contributed by atoms with E-state index in [1.165, 1.54) is 60.2 Å². The zero-order valence-electron chi connectivity index (χ0n) is 12.7. The predicted octanol–water partition coefficient (Wildman–Crippen LogP) is 4.99. The van der Waals surface area contributed by atoms with Crippen LogP contribution >= 0.6 is 0 Å². The van der Waals surface area contributed by atoms with Crippen LogP contribution in [0.15, 0.2) is 0 Å². The highest BCUT2D eigenvalue weighted by Gasteiger charge is 2.67. The maximum atomic E-state index is 2.63. The fraction of sp³-hybridized carbons (Fsp3) is 1.00. The second kappa shape index (κ2) is 3.80. The van der Waals surface area contributed by atoms with Gasteiger partial charge in [0, 0.05) is 0 Å². The molecular weight excluding hydrogens is 228 g/mol. The molecule has 0 aromatic heterocycles. The van der Waals surface area contributed by atoms with Crippen LogP contribution in [0.25, 0.3) is 0 Å². The van der Waals surface area contributed by atoms with Crippen LogP contribution in [0.3, 0.4) is 0 Å². The molecular formula is C19H30. The summed E-state index contributed by atoms with van der Waals surface area (Å²) in [7, 11) is 0. The summed E-state index contributed by atoms with van der Waals surface area (Å²) in [4.78, 5) is 0. The average molecular weight is 258 g/mol. The molecule has 0 amide bonds. The Kier molecular flexibility index (Phi) is 2.33. The highest BCUT2D eigenvalue weighted by atomic mass is 14.7. The van der Waals surface area contributed by atoms with Gasteiger partial charge in [-0.05, 0) is 91.3 Å². The Morgan fingerprint density at radius 1 is 0.789 bits per heavy atom. The standard InChI is InChI=1S/C19H30/c1-3-4-11-8-14-15-9-16(17(14)10(11)2)19-13-6-5-12(7-13)18(15)19/h10-19H,3-9H2,1-2H3. The van der Waals surface area contributed by atoms with Gasteiger partial charge in [-0.3, -0.25) is 0 Å². The first-order valence-corrected chi connectivity index (χ1v) is 9.29.